The fourth-order valence-corrected chi connectivity index (χ4v) is 3.63. The van der Waals surface area contributed by atoms with Crippen molar-refractivity contribution in [3.63, 3.8) is 0 Å². The molecule has 0 radical (unpaired) electrons. The average molecular weight is 339 g/mol. The minimum atomic E-state index is 0.472. The second kappa shape index (κ2) is 8.16. The van der Waals surface area contributed by atoms with E-state index in [1.165, 1.54) is 55.4 Å². The van der Waals surface area contributed by atoms with Gasteiger partial charge >= 0.3 is 0 Å². The third-order valence-corrected chi connectivity index (χ3v) is 5.04. The number of unbranched alkanes of at least 4 members (excludes halogenated alkanes) is 1. The number of hydrogen-bond donors (Lipinski definition) is 1. The Balaban J connectivity index is 2.06. The van der Waals surface area contributed by atoms with E-state index in [1.807, 2.05) is 0 Å². The zero-order chi connectivity index (χ0) is 14.4. The largest absolute Gasteiger partial charge is 0.313 e. The van der Waals surface area contributed by atoms with Crippen LogP contribution in [0.25, 0.3) is 0 Å². The van der Waals surface area contributed by atoms with Crippen molar-refractivity contribution in [2.75, 3.05) is 19.6 Å². The molecule has 0 aliphatic carbocycles. The maximum absolute atomic E-state index is 3.70. The van der Waals surface area contributed by atoms with Crippen molar-refractivity contribution in [2.24, 2.45) is 0 Å². The molecular formula is C17H27BrN2. The highest BCUT2D eigenvalue weighted by Gasteiger charge is 2.22. The van der Waals surface area contributed by atoms with Gasteiger partial charge in [0.15, 0.2) is 0 Å². The molecule has 2 unspecified atom stereocenters. The molecule has 3 heteroatoms. The molecule has 0 spiro atoms. The van der Waals surface area contributed by atoms with Crippen LogP contribution in [0.15, 0.2) is 28.7 Å². The molecule has 0 amide bonds. The van der Waals surface area contributed by atoms with E-state index in [0.717, 1.165) is 0 Å². The molecule has 1 fully saturated rings. The van der Waals surface area contributed by atoms with Crippen LogP contribution in [0.3, 0.4) is 0 Å². The molecule has 0 saturated carbocycles. The number of halogens is 1. The van der Waals surface area contributed by atoms with Gasteiger partial charge in [0.05, 0.1) is 0 Å². The number of benzene rings is 1. The zero-order valence-corrected chi connectivity index (χ0v) is 14.3. The Bertz CT molecular complexity index is 402. The summed E-state index contributed by atoms with van der Waals surface area (Å²) in [5.41, 5.74) is 1.40. The van der Waals surface area contributed by atoms with E-state index in [4.69, 9.17) is 0 Å². The lowest BCUT2D eigenvalue weighted by atomic mass is 10.1. The standard InChI is InChI=1S/C17H27BrN2/c1-3-4-12-20(13-15-8-7-11-19-15)14(2)16-9-5-6-10-17(16)18/h5-6,9-10,14-15,19H,3-4,7-8,11-13H2,1-2H3. The first-order valence-corrected chi connectivity index (χ1v) is 8.73. The van der Waals surface area contributed by atoms with Crippen molar-refractivity contribution >= 4 is 15.9 Å². The summed E-state index contributed by atoms with van der Waals surface area (Å²) < 4.78 is 1.23. The molecule has 2 rings (SSSR count). The van der Waals surface area contributed by atoms with Crippen LogP contribution >= 0.6 is 15.9 Å². The summed E-state index contributed by atoms with van der Waals surface area (Å²) >= 11 is 3.70. The van der Waals surface area contributed by atoms with Crippen LogP contribution in [0.4, 0.5) is 0 Å². The summed E-state index contributed by atoms with van der Waals surface area (Å²) in [5.74, 6) is 0. The Morgan fingerprint density at radius 1 is 1.40 bits per heavy atom. The number of nitrogens with one attached hydrogen (secondary N) is 1. The molecule has 1 heterocycles. The fraction of sp³-hybridized carbons (Fsp3) is 0.647. The minimum Gasteiger partial charge on any atom is -0.313 e. The highest BCUT2D eigenvalue weighted by molar-refractivity contribution is 9.10. The van der Waals surface area contributed by atoms with Gasteiger partial charge in [-0.05, 0) is 50.9 Å². The molecular weight excluding hydrogens is 312 g/mol. The molecule has 1 N–H and O–H groups in total. The van der Waals surface area contributed by atoms with Gasteiger partial charge in [-0.3, -0.25) is 4.90 Å². The molecule has 1 aliphatic rings. The smallest absolute Gasteiger partial charge is 0.0331 e. The van der Waals surface area contributed by atoms with E-state index in [2.05, 4.69) is 64.3 Å². The first-order chi connectivity index (χ1) is 9.72. The summed E-state index contributed by atoms with van der Waals surface area (Å²) in [6, 6.07) is 9.78. The molecule has 0 bridgehead atoms. The second-order valence-electron chi connectivity index (χ2n) is 5.84. The average Bonchev–Trinajstić information content (AvgIpc) is 2.96. The topological polar surface area (TPSA) is 15.3 Å². The molecule has 20 heavy (non-hydrogen) atoms. The van der Waals surface area contributed by atoms with Gasteiger partial charge in [-0.25, -0.2) is 0 Å². The van der Waals surface area contributed by atoms with Gasteiger partial charge in [-0.2, -0.15) is 0 Å². The summed E-state index contributed by atoms with van der Waals surface area (Å²) in [6.45, 7) is 8.16. The van der Waals surface area contributed by atoms with Crippen LogP contribution in [-0.4, -0.2) is 30.6 Å². The maximum atomic E-state index is 3.70. The summed E-state index contributed by atoms with van der Waals surface area (Å²) in [5, 5.41) is 3.63. The highest BCUT2D eigenvalue weighted by atomic mass is 79.9. The summed E-state index contributed by atoms with van der Waals surface area (Å²) in [4.78, 5) is 2.65. The Morgan fingerprint density at radius 3 is 2.85 bits per heavy atom. The van der Waals surface area contributed by atoms with Crippen LogP contribution in [0, 0.1) is 0 Å². The first-order valence-electron chi connectivity index (χ1n) is 7.94. The lowest BCUT2D eigenvalue weighted by Crippen LogP contribution is -2.39. The number of nitrogens with zero attached hydrogens (tertiary/aromatic N) is 1. The Kier molecular flexibility index (Phi) is 6.53. The van der Waals surface area contributed by atoms with Gasteiger partial charge in [0.1, 0.15) is 0 Å². The van der Waals surface area contributed by atoms with Crippen molar-refractivity contribution in [3.05, 3.63) is 34.3 Å². The SMILES string of the molecule is CCCCN(CC1CCCN1)C(C)c1ccccc1Br. The summed E-state index contributed by atoms with van der Waals surface area (Å²) in [7, 11) is 0. The van der Waals surface area contributed by atoms with Crippen molar-refractivity contribution in [1.29, 1.82) is 0 Å². The molecule has 0 aromatic heterocycles. The van der Waals surface area contributed by atoms with E-state index >= 15 is 0 Å². The van der Waals surface area contributed by atoms with Gasteiger partial charge in [0.2, 0.25) is 0 Å². The molecule has 1 aromatic carbocycles. The molecule has 1 aromatic rings. The van der Waals surface area contributed by atoms with Gasteiger partial charge in [0.25, 0.3) is 0 Å². The molecule has 1 aliphatic heterocycles. The lowest BCUT2D eigenvalue weighted by Gasteiger charge is -2.32. The van der Waals surface area contributed by atoms with Crippen LogP contribution in [0.5, 0.6) is 0 Å². The maximum Gasteiger partial charge on any atom is 0.0331 e. The monoisotopic (exact) mass is 338 g/mol. The molecule has 2 atom stereocenters. The Morgan fingerprint density at radius 2 is 2.20 bits per heavy atom. The molecule has 1 saturated heterocycles. The fourth-order valence-electron chi connectivity index (χ4n) is 3.01. The molecule has 112 valence electrons. The van der Waals surface area contributed by atoms with E-state index < -0.39 is 0 Å². The number of rotatable bonds is 7. The number of hydrogen-bond acceptors (Lipinski definition) is 2. The van der Waals surface area contributed by atoms with E-state index in [0.29, 0.717) is 12.1 Å². The minimum absolute atomic E-state index is 0.472. The third kappa shape index (κ3) is 4.31. The lowest BCUT2D eigenvalue weighted by molar-refractivity contribution is 0.189. The normalized spacial score (nSPS) is 20.5. The Hall–Kier alpha value is -0.380. The quantitative estimate of drug-likeness (QED) is 0.794. The van der Waals surface area contributed by atoms with Crippen molar-refractivity contribution in [2.45, 2.75) is 51.6 Å². The van der Waals surface area contributed by atoms with Gasteiger partial charge in [0, 0.05) is 23.1 Å². The molecule has 2 nitrogen and oxygen atoms in total. The van der Waals surface area contributed by atoms with Crippen LogP contribution < -0.4 is 5.32 Å². The third-order valence-electron chi connectivity index (χ3n) is 4.32. The predicted octanol–water partition coefficient (Wildman–Crippen LogP) is 4.36. The first kappa shape index (κ1) is 16.0. The predicted molar refractivity (Wildman–Crippen MR) is 90.1 cm³/mol. The van der Waals surface area contributed by atoms with Gasteiger partial charge in [-0.15, -0.1) is 0 Å². The van der Waals surface area contributed by atoms with Crippen LogP contribution in [0.1, 0.15) is 51.1 Å². The van der Waals surface area contributed by atoms with E-state index in [-0.39, 0.29) is 0 Å². The Labute approximate surface area is 132 Å². The highest BCUT2D eigenvalue weighted by Crippen LogP contribution is 2.28. The van der Waals surface area contributed by atoms with Crippen molar-refractivity contribution in [1.82, 2.24) is 10.2 Å². The second-order valence-corrected chi connectivity index (χ2v) is 6.69. The van der Waals surface area contributed by atoms with Crippen LogP contribution in [-0.2, 0) is 0 Å². The van der Waals surface area contributed by atoms with Crippen molar-refractivity contribution < 1.29 is 0 Å². The zero-order valence-electron chi connectivity index (χ0n) is 12.7. The van der Waals surface area contributed by atoms with Gasteiger partial charge in [-0.1, -0.05) is 47.5 Å². The summed E-state index contributed by atoms with van der Waals surface area (Å²) in [6.07, 6.45) is 5.19. The van der Waals surface area contributed by atoms with E-state index in [1.54, 1.807) is 0 Å². The van der Waals surface area contributed by atoms with Gasteiger partial charge < -0.3 is 5.32 Å². The van der Waals surface area contributed by atoms with Crippen LogP contribution in [0.2, 0.25) is 0 Å². The van der Waals surface area contributed by atoms with E-state index in [9.17, 15) is 0 Å². The van der Waals surface area contributed by atoms with Crippen molar-refractivity contribution in [3.8, 4) is 0 Å².